The Morgan fingerprint density at radius 2 is 2.21 bits per heavy atom. The summed E-state index contributed by atoms with van der Waals surface area (Å²) in [5.74, 6) is -0.430. The van der Waals surface area contributed by atoms with E-state index >= 15 is 0 Å². The van der Waals surface area contributed by atoms with Crippen molar-refractivity contribution >= 4 is 11.8 Å². The molecular weight excluding hydrogens is 244 g/mol. The number of nitrogens with two attached hydrogens (primary N) is 1. The van der Waals surface area contributed by atoms with E-state index in [9.17, 15) is 9.59 Å². The third-order valence-corrected chi connectivity index (χ3v) is 3.31. The third-order valence-electron chi connectivity index (χ3n) is 3.31. The topological polar surface area (TPSA) is 99.2 Å². The van der Waals surface area contributed by atoms with E-state index in [1.807, 2.05) is 18.7 Å². The van der Waals surface area contributed by atoms with Gasteiger partial charge in [0.05, 0.1) is 18.7 Å². The monoisotopic (exact) mass is 266 g/mol. The molecule has 0 aromatic carbocycles. The minimum absolute atomic E-state index is 0.197. The van der Waals surface area contributed by atoms with Gasteiger partial charge in [-0.3, -0.25) is 14.5 Å². The maximum absolute atomic E-state index is 12.2. The van der Waals surface area contributed by atoms with Gasteiger partial charge in [-0.1, -0.05) is 13.8 Å². The maximum Gasteiger partial charge on any atom is 0.240 e. The summed E-state index contributed by atoms with van der Waals surface area (Å²) in [7, 11) is 0. The van der Waals surface area contributed by atoms with Crippen LogP contribution >= 0.6 is 0 Å². The number of hydrogen-bond donors (Lipinski definition) is 2. The number of rotatable bonds is 6. The molecule has 1 aliphatic heterocycles. The van der Waals surface area contributed by atoms with E-state index in [2.05, 4.69) is 11.4 Å². The highest BCUT2D eigenvalue weighted by molar-refractivity contribution is 5.89. The molecule has 1 unspecified atom stereocenters. The first-order chi connectivity index (χ1) is 8.95. The quantitative estimate of drug-likeness (QED) is 0.660. The number of amides is 2. The molecule has 0 radical (unpaired) electrons. The smallest absolute Gasteiger partial charge is 0.240 e. The lowest BCUT2D eigenvalue weighted by atomic mass is 10.0. The Morgan fingerprint density at radius 3 is 2.74 bits per heavy atom. The van der Waals surface area contributed by atoms with E-state index in [0.29, 0.717) is 6.42 Å². The zero-order valence-electron chi connectivity index (χ0n) is 11.6. The SMILES string of the molecule is CC(C)CC(NC(=O)[C@H]1CCCN1CC#N)C(N)=O. The van der Waals surface area contributed by atoms with Gasteiger partial charge in [-0.15, -0.1) is 0 Å². The van der Waals surface area contributed by atoms with Gasteiger partial charge in [0.1, 0.15) is 6.04 Å². The zero-order valence-corrected chi connectivity index (χ0v) is 11.6. The molecule has 1 rings (SSSR count). The Balaban J connectivity index is 2.61. The first-order valence-corrected chi connectivity index (χ1v) is 6.66. The summed E-state index contributed by atoms with van der Waals surface area (Å²) in [6, 6.07) is 1.12. The van der Waals surface area contributed by atoms with Crippen molar-refractivity contribution < 1.29 is 9.59 Å². The fourth-order valence-electron chi connectivity index (χ4n) is 2.39. The fourth-order valence-corrected chi connectivity index (χ4v) is 2.39. The van der Waals surface area contributed by atoms with Gasteiger partial charge in [0, 0.05) is 6.54 Å². The molecule has 19 heavy (non-hydrogen) atoms. The molecule has 0 aromatic rings. The van der Waals surface area contributed by atoms with E-state index < -0.39 is 11.9 Å². The number of carbonyl (C=O) groups is 2. The van der Waals surface area contributed by atoms with Crippen LogP contribution in [0.3, 0.4) is 0 Å². The average Bonchev–Trinajstić information content (AvgIpc) is 2.76. The number of nitrogens with zero attached hydrogens (tertiary/aromatic N) is 2. The second-order valence-electron chi connectivity index (χ2n) is 5.38. The van der Waals surface area contributed by atoms with E-state index in [0.717, 1.165) is 19.4 Å². The van der Waals surface area contributed by atoms with Gasteiger partial charge in [0.15, 0.2) is 0 Å². The molecular formula is C13H22N4O2. The molecule has 1 saturated heterocycles. The second-order valence-corrected chi connectivity index (χ2v) is 5.38. The van der Waals surface area contributed by atoms with Crippen LogP contribution in [0.4, 0.5) is 0 Å². The van der Waals surface area contributed by atoms with E-state index in [1.165, 1.54) is 0 Å². The molecule has 0 aromatic heterocycles. The summed E-state index contributed by atoms with van der Waals surface area (Å²) < 4.78 is 0. The van der Waals surface area contributed by atoms with Gasteiger partial charge in [-0.2, -0.15) is 5.26 Å². The van der Waals surface area contributed by atoms with Gasteiger partial charge < -0.3 is 11.1 Å². The Kier molecular flexibility index (Phi) is 5.77. The van der Waals surface area contributed by atoms with Crippen LogP contribution < -0.4 is 11.1 Å². The van der Waals surface area contributed by atoms with Gasteiger partial charge in [-0.25, -0.2) is 0 Å². The summed E-state index contributed by atoms with van der Waals surface area (Å²) >= 11 is 0. The summed E-state index contributed by atoms with van der Waals surface area (Å²) in [6.45, 7) is 4.93. The van der Waals surface area contributed by atoms with Crippen molar-refractivity contribution in [3.05, 3.63) is 0 Å². The maximum atomic E-state index is 12.2. The lowest BCUT2D eigenvalue weighted by Crippen LogP contribution is -2.51. The van der Waals surface area contributed by atoms with Gasteiger partial charge >= 0.3 is 0 Å². The fraction of sp³-hybridized carbons (Fsp3) is 0.769. The Bertz CT molecular complexity index is 375. The number of primary amides is 1. The van der Waals surface area contributed by atoms with Crippen LogP contribution in [0.2, 0.25) is 0 Å². The molecule has 6 nitrogen and oxygen atoms in total. The normalized spacial score (nSPS) is 21.1. The van der Waals surface area contributed by atoms with E-state index in [-0.39, 0.29) is 24.4 Å². The Labute approximate surface area is 113 Å². The van der Waals surface area contributed by atoms with Gasteiger partial charge in [-0.05, 0) is 25.2 Å². The number of nitriles is 1. The lowest BCUT2D eigenvalue weighted by molar-refractivity contribution is -0.130. The predicted octanol–water partition coefficient (Wildman–Crippen LogP) is -0.00942. The second kappa shape index (κ2) is 7.10. The van der Waals surface area contributed by atoms with Gasteiger partial charge in [0.2, 0.25) is 11.8 Å². The molecule has 106 valence electrons. The van der Waals surface area contributed by atoms with Crippen LogP contribution in [0.1, 0.15) is 33.1 Å². The Hall–Kier alpha value is -1.61. The number of likely N-dealkylation sites (tertiary alicyclic amines) is 1. The molecule has 6 heteroatoms. The highest BCUT2D eigenvalue weighted by Crippen LogP contribution is 2.17. The number of hydrogen-bond acceptors (Lipinski definition) is 4. The van der Waals surface area contributed by atoms with E-state index in [4.69, 9.17) is 11.0 Å². The van der Waals surface area contributed by atoms with Crippen molar-refractivity contribution in [2.24, 2.45) is 11.7 Å². The molecule has 0 aliphatic carbocycles. The number of carbonyl (C=O) groups excluding carboxylic acids is 2. The first-order valence-electron chi connectivity index (χ1n) is 6.66. The van der Waals surface area contributed by atoms with Crippen LogP contribution in [0.5, 0.6) is 0 Å². The largest absolute Gasteiger partial charge is 0.368 e. The zero-order chi connectivity index (χ0) is 14.4. The molecule has 1 aliphatic rings. The first kappa shape index (κ1) is 15.4. The van der Waals surface area contributed by atoms with Crippen molar-refractivity contribution in [1.29, 1.82) is 5.26 Å². The highest BCUT2D eigenvalue weighted by Gasteiger charge is 2.32. The summed E-state index contributed by atoms with van der Waals surface area (Å²) in [6.07, 6.45) is 2.15. The standard InChI is InChI=1S/C13H22N4O2/c1-9(2)8-10(12(15)18)16-13(19)11-4-3-6-17(11)7-5-14/h9-11H,3-4,6-8H2,1-2H3,(H2,15,18)(H,16,19)/t10?,11-/m1/s1. The summed E-state index contributed by atoms with van der Waals surface area (Å²) in [4.78, 5) is 25.3. The predicted molar refractivity (Wildman–Crippen MR) is 70.8 cm³/mol. The van der Waals surface area contributed by atoms with Crippen molar-refractivity contribution in [2.75, 3.05) is 13.1 Å². The van der Waals surface area contributed by atoms with Gasteiger partial charge in [0.25, 0.3) is 0 Å². The molecule has 1 heterocycles. The molecule has 0 bridgehead atoms. The van der Waals surface area contributed by atoms with Crippen molar-refractivity contribution in [3.63, 3.8) is 0 Å². The lowest BCUT2D eigenvalue weighted by Gasteiger charge is -2.24. The minimum atomic E-state index is -0.628. The molecule has 3 N–H and O–H groups in total. The Morgan fingerprint density at radius 1 is 1.53 bits per heavy atom. The van der Waals surface area contributed by atoms with Crippen LogP contribution in [-0.4, -0.2) is 41.9 Å². The molecule has 1 fully saturated rings. The highest BCUT2D eigenvalue weighted by atomic mass is 16.2. The minimum Gasteiger partial charge on any atom is -0.368 e. The molecule has 2 amide bonds. The van der Waals surface area contributed by atoms with Crippen LogP contribution in [0.25, 0.3) is 0 Å². The summed E-state index contributed by atoms with van der Waals surface area (Å²) in [5, 5.41) is 11.4. The van der Waals surface area contributed by atoms with Crippen LogP contribution in [0.15, 0.2) is 0 Å². The van der Waals surface area contributed by atoms with E-state index in [1.54, 1.807) is 0 Å². The van der Waals surface area contributed by atoms with Crippen LogP contribution in [-0.2, 0) is 9.59 Å². The summed E-state index contributed by atoms with van der Waals surface area (Å²) in [5.41, 5.74) is 5.31. The number of nitrogens with one attached hydrogen (secondary N) is 1. The third kappa shape index (κ3) is 4.52. The van der Waals surface area contributed by atoms with Crippen LogP contribution in [0, 0.1) is 17.2 Å². The molecule has 2 atom stereocenters. The molecule has 0 saturated carbocycles. The van der Waals surface area contributed by atoms with Crippen molar-refractivity contribution in [3.8, 4) is 6.07 Å². The van der Waals surface area contributed by atoms with Crippen molar-refractivity contribution in [2.45, 2.75) is 45.2 Å². The molecule has 0 spiro atoms. The van der Waals surface area contributed by atoms with Crippen molar-refractivity contribution in [1.82, 2.24) is 10.2 Å². The average molecular weight is 266 g/mol.